The molecule has 7 heteroatoms. The fourth-order valence-electron chi connectivity index (χ4n) is 4.31. The third-order valence-electron chi connectivity index (χ3n) is 6.44. The smallest absolute Gasteiger partial charge is 0.247 e. The number of rotatable bonds is 8. The first-order chi connectivity index (χ1) is 17.4. The average molecular weight is 479 g/mol. The summed E-state index contributed by atoms with van der Waals surface area (Å²) in [5.41, 5.74) is 6.64. The maximum absolute atomic E-state index is 13.3. The first-order valence-corrected chi connectivity index (χ1v) is 11.9. The number of anilines is 1. The number of hydrogen-bond acceptors (Lipinski definition) is 5. The van der Waals surface area contributed by atoms with Gasteiger partial charge in [-0.15, -0.1) is 0 Å². The van der Waals surface area contributed by atoms with E-state index in [2.05, 4.69) is 33.7 Å². The fraction of sp³-hybridized carbons (Fsp3) is 0.241. The number of aromatic nitrogens is 3. The van der Waals surface area contributed by atoms with Crippen molar-refractivity contribution in [1.82, 2.24) is 20.1 Å². The molecule has 2 atom stereocenters. The largest absolute Gasteiger partial charge is 0.309 e. The van der Waals surface area contributed by atoms with Crippen LogP contribution in [-0.2, 0) is 11.8 Å². The number of nitrogens with zero attached hydrogens (tertiary/aromatic N) is 4. The summed E-state index contributed by atoms with van der Waals surface area (Å²) in [4.78, 5) is 17.8. The second-order valence-corrected chi connectivity index (χ2v) is 8.98. The summed E-state index contributed by atoms with van der Waals surface area (Å²) in [6.07, 6.45) is 1.77. The highest BCUT2D eigenvalue weighted by Gasteiger charge is 2.22. The number of nitriles is 1. The number of amides is 1. The van der Waals surface area contributed by atoms with E-state index in [4.69, 9.17) is 5.26 Å². The molecule has 182 valence electrons. The Bertz CT molecular complexity index is 1370. The second kappa shape index (κ2) is 11.0. The van der Waals surface area contributed by atoms with E-state index in [9.17, 15) is 4.79 Å². The van der Waals surface area contributed by atoms with Crippen molar-refractivity contribution in [1.29, 1.82) is 5.26 Å². The quantitative estimate of drug-likeness (QED) is 0.370. The number of nitrogens with one attached hydrogen (secondary N) is 2. The molecule has 0 saturated heterocycles. The lowest BCUT2D eigenvalue weighted by Gasteiger charge is -2.21. The van der Waals surface area contributed by atoms with Gasteiger partial charge in [0, 0.05) is 36.6 Å². The molecule has 2 heterocycles. The van der Waals surface area contributed by atoms with Gasteiger partial charge in [-0.05, 0) is 55.2 Å². The maximum atomic E-state index is 13.3. The zero-order chi connectivity index (χ0) is 25.7. The molecule has 2 aromatic heterocycles. The van der Waals surface area contributed by atoms with Crippen molar-refractivity contribution in [2.24, 2.45) is 7.05 Å². The van der Waals surface area contributed by atoms with Gasteiger partial charge in [-0.25, -0.2) is 4.98 Å². The van der Waals surface area contributed by atoms with Crippen molar-refractivity contribution in [2.75, 3.05) is 11.9 Å². The predicted octanol–water partition coefficient (Wildman–Crippen LogP) is 5.04. The van der Waals surface area contributed by atoms with Crippen LogP contribution in [-0.4, -0.2) is 27.2 Å². The van der Waals surface area contributed by atoms with E-state index in [1.54, 1.807) is 6.20 Å². The SMILES string of the molecule is Cc1nn(C)c(C)c1-c1ccc(NC(=O)C(NC[C@@H](C)c2ccc(C#N)cc2)c2ccccc2)nc1. The molecule has 0 saturated carbocycles. The molecule has 0 spiro atoms. The molecule has 1 amide bonds. The van der Waals surface area contributed by atoms with Crippen molar-refractivity contribution in [2.45, 2.75) is 32.7 Å². The van der Waals surface area contributed by atoms with Crippen molar-refractivity contribution < 1.29 is 4.79 Å². The molecule has 7 nitrogen and oxygen atoms in total. The fourth-order valence-corrected chi connectivity index (χ4v) is 4.31. The highest BCUT2D eigenvalue weighted by atomic mass is 16.2. The zero-order valence-electron chi connectivity index (χ0n) is 21.0. The minimum absolute atomic E-state index is 0.153. The molecule has 4 aromatic rings. The predicted molar refractivity (Wildman–Crippen MR) is 141 cm³/mol. The standard InChI is InChI=1S/C29H30N6O/c1-19(23-12-10-22(16-30)11-13-23)17-32-28(24-8-6-5-7-9-24)29(36)33-26-15-14-25(18-31-26)27-20(2)34-35(4)21(27)3/h5-15,18-19,28,32H,17H2,1-4H3,(H,31,33,36)/t19-,28?/m1/s1. The van der Waals surface area contributed by atoms with Crippen molar-refractivity contribution in [3.63, 3.8) is 0 Å². The van der Waals surface area contributed by atoms with Crippen LogP contribution in [0.15, 0.2) is 72.9 Å². The second-order valence-electron chi connectivity index (χ2n) is 8.98. The molecule has 0 bridgehead atoms. The summed E-state index contributed by atoms with van der Waals surface area (Å²) in [6, 6.07) is 22.6. The Hall–Kier alpha value is -4.28. The molecule has 4 rings (SSSR count). The van der Waals surface area contributed by atoms with E-state index in [0.717, 1.165) is 33.6 Å². The Morgan fingerprint density at radius 1 is 1.03 bits per heavy atom. The molecule has 1 unspecified atom stereocenters. The summed E-state index contributed by atoms with van der Waals surface area (Å²) in [6.45, 7) is 6.69. The van der Waals surface area contributed by atoms with Gasteiger partial charge in [-0.3, -0.25) is 9.48 Å². The number of aryl methyl sites for hydroxylation is 2. The lowest BCUT2D eigenvalue weighted by atomic mass is 9.98. The summed E-state index contributed by atoms with van der Waals surface area (Å²) >= 11 is 0. The topological polar surface area (TPSA) is 95.6 Å². The van der Waals surface area contributed by atoms with E-state index >= 15 is 0 Å². The van der Waals surface area contributed by atoms with Crippen LogP contribution in [0.2, 0.25) is 0 Å². The summed E-state index contributed by atoms with van der Waals surface area (Å²) in [7, 11) is 1.92. The van der Waals surface area contributed by atoms with Gasteiger partial charge in [0.1, 0.15) is 11.9 Å². The van der Waals surface area contributed by atoms with Gasteiger partial charge in [0.25, 0.3) is 0 Å². The lowest BCUT2D eigenvalue weighted by Crippen LogP contribution is -2.35. The van der Waals surface area contributed by atoms with Gasteiger partial charge in [-0.1, -0.05) is 49.4 Å². The van der Waals surface area contributed by atoms with Gasteiger partial charge in [-0.2, -0.15) is 10.4 Å². The molecule has 0 aliphatic rings. The van der Waals surface area contributed by atoms with Crippen LogP contribution in [0.4, 0.5) is 5.82 Å². The van der Waals surface area contributed by atoms with Crippen molar-refractivity contribution in [3.05, 3.63) is 101 Å². The van der Waals surface area contributed by atoms with Crippen LogP contribution in [0.5, 0.6) is 0 Å². The lowest BCUT2D eigenvalue weighted by molar-refractivity contribution is -0.118. The van der Waals surface area contributed by atoms with E-state index in [1.165, 1.54) is 0 Å². The molecule has 36 heavy (non-hydrogen) atoms. The van der Waals surface area contributed by atoms with E-state index in [1.807, 2.05) is 92.3 Å². The van der Waals surface area contributed by atoms with Crippen LogP contribution < -0.4 is 10.6 Å². The summed E-state index contributed by atoms with van der Waals surface area (Å²) in [5, 5.41) is 19.9. The highest BCUT2D eigenvalue weighted by Crippen LogP contribution is 2.27. The van der Waals surface area contributed by atoms with Gasteiger partial charge in [0.05, 0.1) is 17.3 Å². The molecule has 0 aliphatic carbocycles. The Balaban J connectivity index is 1.48. The normalized spacial score (nSPS) is 12.5. The summed E-state index contributed by atoms with van der Waals surface area (Å²) in [5.74, 6) is 0.466. The molecule has 0 radical (unpaired) electrons. The Morgan fingerprint density at radius 3 is 2.33 bits per heavy atom. The van der Waals surface area contributed by atoms with Gasteiger partial charge in [0.2, 0.25) is 5.91 Å². The highest BCUT2D eigenvalue weighted by molar-refractivity contribution is 5.95. The molecule has 2 aromatic carbocycles. The number of hydrogen-bond donors (Lipinski definition) is 2. The monoisotopic (exact) mass is 478 g/mol. The van der Waals surface area contributed by atoms with Crippen molar-refractivity contribution >= 4 is 11.7 Å². The minimum atomic E-state index is -0.545. The Labute approximate surface area is 211 Å². The van der Waals surface area contributed by atoms with Crippen LogP contribution in [0.1, 0.15) is 47.0 Å². The van der Waals surface area contributed by atoms with Crippen LogP contribution in [0.3, 0.4) is 0 Å². The molecular weight excluding hydrogens is 448 g/mol. The first-order valence-electron chi connectivity index (χ1n) is 11.9. The van der Waals surface area contributed by atoms with E-state index in [-0.39, 0.29) is 11.8 Å². The Morgan fingerprint density at radius 2 is 1.75 bits per heavy atom. The number of benzene rings is 2. The number of carbonyl (C=O) groups is 1. The molecular formula is C29H30N6O. The number of pyridine rings is 1. The van der Waals surface area contributed by atoms with Crippen LogP contribution in [0.25, 0.3) is 11.1 Å². The molecule has 0 fully saturated rings. The third kappa shape index (κ3) is 5.51. The van der Waals surface area contributed by atoms with E-state index < -0.39 is 6.04 Å². The summed E-state index contributed by atoms with van der Waals surface area (Å²) < 4.78 is 1.86. The third-order valence-corrected chi connectivity index (χ3v) is 6.44. The molecule has 0 aliphatic heterocycles. The van der Waals surface area contributed by atoms with Crippen LogP contribution in [0, 0.1) is 25.2 Å². The Kier molecular flexibility index (Phi) is 7.57. The first kappa shape index (κ1) is 24.8. The van der Waals surface area contributed by atoms with Crippen molar-refractivity contribution in [3.8, 4) is 17.2 Å². The van der Waals surface area contributed by atoms with Gasteiger partial charge < -0.3 is 10.6 Å². The van der Waals surface area contributed by atoms with E-state index in [0.29, 0.717) is 17.9 Å². The van der Waals surface area contributed by atoms with Crippen LogP contribution >= 0.6 is 0 Å². The maximum Gasteiger partial charge on any atom is 0.247 e. The average Bonchev–Trinajstić information content (AvgIpc) is 3.16. The zero-order valence-corrected chi connectivity index (χ0v) is 21.0. The van der Waals surface area contributed by atoms with Gasteiger partial charge >= 0.3 is 0 Å². The number of carbonyl (C=O) groups excluding carboxylic acids is 1. The minimum Gasteiger partial charge on any atom is -0.309 e. The molecule has 2 N–H and O–H groups in total. The van der Waals surface area contributed by atoms with Gasteiger partial charge in [0.15, 0.2) is 0 Å².